The van der Waals surface area contributed by atoms with E-state index in [-0.39, 0.29) is 11.8 Å². The zero-order chi connectivity index (χ0) is 24.5. The number of hydrogen-bond acceptors (Lipinski definition) is 5. The summed E-state index contributed by atoms with van der Waals surface area (Å²) in [6.45, 7) is 4.32. The standard InChI is InChI=1S/C30H30N4O2/c1-36-25-10-6-9-22(15-25)26-20-34(30(35)29-16-31-27-11-4-5-12-28(27)32-29)19-24(26)18-33-14-13-21-7-2-3-8-23(21)17-33/h2-12,15-16,24,26H,13-14,17-20H2,1H3. The Labute approximate surface area is 211 Å². The van der Waals surface area contributed by atoms with Crippen LogP contribution in [0.1, 0.15) is 33.1 Å². The van der Waals surface area contributed by atoms with Gasteiger partial charge in [-0.25, -0.2) is 4.98 Å². The topological polar surface area (TPSA) is 58.6 Å². The first-order valence-electron chi connectivity index (χ1n) is 12.6. The summed E-state index contributed by atoms with van der Waals surface area (Å²) in [5.74, 6) is 1.35. The van der Waals surface area contributed by atoms with Crippen molar-refractivity contribution in [1.29, 1.82) is 0 Å². The SMILES string of the molecule is COc1cccc(C2CN(C(=O)c3cnc4ccccc4n3)CC2CN2CCc3ccccc3C2)c1. The number of likely N-dealkylation sites (tertiary alicyclic amines) is 1. The second-order valence-electron chi connectivity index (χ2n) is 9.85. The minimum Gasteiger partial charge on any atom is -0.497 e. The quantitative estimate of drug-likeness (QED) is 0.421. The number of amides is 1. The zero-order valence-corrected chi connectivity index (χ0v) is 20.5. The Morgan fingerprint density at radius 3 is 2.64 bits per heavy atom. The molecule has 2 atom stereocenters. The predicted octanol–water partition coefficient (Wildman–Crippen LogP) is 4.55. The van der Waals surface area contributed by atoms with Crippen molar-refractivity contribution in [2.45, 2.75) is 18.9 Å². The number of aromatic nitrogens is 2. The van der Waals surface area contributed by atoms with Gasteiger partial charge in [0.2, 0.25) is 0 Å². The van der Waals surface area contributed by atoms with Crippen LogP contribution < -0.4 is 4.74 Å². The molecule has 0 aliphatic carbocycles. The Morgan fingerprint density at radius 2 is 1.78 bits per heavy atom. The third kappa shape index (κ3) is 4.44. The Bertz CT molecular complexity index is 1400. The lowest BCUT2D eigenvalue weighted by molar-refractivity contribution is 0.0776. The Balaban J connectivity index is 1.26. The Morgan fingerprint density at radius 1 is 0.972 bits per heavy atom. The number of methoxy groups -OCH3 is 1. The van der Waals surface area contributed by atoms with E-state index in [1.54, 1.807) is 13.3 Å². The van der Waals surface area contributed by atoms with Crippen LogP contribution in [-0.2, 0) is 13.0 Å². The fourth-order valence-electron chi connectivity index (χ4n) is 5.74. The van der Waals surface area contributed by atoms with Crippen molar-refractivity contribution in [2.75, 3.05) is 33.3 Å². The first-order valence-corrected chi connectivity index (χ1v) is 12.6. The lowest BCUT2D eigenvalue weighted by Gasteiger charge is -2.32. The third-order valence-corrected chi connectivity index (χ3v) is 7.62. The largest absolute Gasteiger partial charge is 0.497 e. The molecule has 0 bridgehead atoms. The van der Waals surface area contributed by atoms with Crippen molar-refractivity contribution in [3.63, 3.8) is 0 Å². The second kappa shape index (κ2) is 9.70. The molecule has 0 saturated carbocycles. The van der Waals surface area contributed by atoms with Gasteiger partial charge < -0.3 is 9.64 Å². The number of ether oxygens (including phenoxy) is 1. The smallest absolute Gasteiger partial charge is 0.274 e. The van der Waals surface area contributed by atoms with E-state index >= 15 is 0 Å². The maximum absolute atomic E-state index is 13.6. The van der Waals surface area contributed by atoms with Gasteiger partial charge in [-0.15, -0.1) is 0 Å². The third-order valence-electron chi connectivity index (χ3n) is 7.62. The van der Waals surface area contributed by atoms with Gasteiger partial charge in [0, 0.05) is 38.6 Å². The number of hydrogen-bond donors (Lipinski definition) is 0. The lowest BCUT2D eigenvalue weighted by atomic mass is 9.87. The van der Waals surface area contributed by atoms with Crippen LogP contribution in [0.5, 0.6) is 5.75 Å². The molecule has 6 rings (SSSR count). The molecule has 36 heavy (non-hydrogen) atoms. The molecule has 2 unspecified atom stereocenters. The summed E-state index contributed by atoms with van der Waals surface area (Å²) in [5, 5.41) is 0. The summed E-state index contributed by atoms with van der Waals surface area (Å²) >= 11 is 0. The van der Waals surface area contributed by atoms with Gasteiger partial charge in [-0.2, -0.15) is 0 Å². The number of fused-ring (bicyclic) bond motifs is 2. The van der Waals surface area contributed by atoms with E-state index < -0.39 is 0 Å². The van der Waals surface area contributed by atoms with Crippen LogP contribution in [0.2, 0.25) is 0 Å². The van der Waals surface area contributed by atoms with Crippen LogP contribution in [0.15, 0.2) is 79.0 Å². The molecule has 0 N–H and O–H groups in total. The van der Waals surface area contributed by atoms with Gasteiger partial charge in [-0.3, -0.25) is 14.7 Å². The number of para-hydroxylation sites is 2. The highest BCUT2D eigenvalue weighted by Crippen LogP contribution is 2.36. The van der Waals surface area contributed by atoms with Crippen LogP contribution in [-0.4, -0.2) is 59.0 Å². The lowest BCUT2D eigenvalue weighted by Crippen LogP contribution is -2.37. The average Bonchev–Trinajstić information content (AvgIpc) is 3.36. The van der Waals surface area contributed by atoms with Crippen molar-refractivity contribution >= 4 is 16.9 Å². The first kappa shape index (κ1) is 22.7. The number of rotatable bonds is 5. The molecular weight excluding hydrogens is 448 g/mol. The van der Waals surface area contributed by atoms with Gasteiger partial charge in [0.15, 0.2) is 0 Å². The molecule has 1 fully saturated rings. The Kier molecular flexibility index (Phi) is 6.11. The predicted molar refractivity (Wildman–Crippen MR) is 140 cm³/mol. The molecule has 1 saturated heterocycles. The van der Waals surface area contributed by atoms with Crippen molar-refractivity contribution < 1.29 is 9.53 Å². The van der Waals surface area contributed by atoms with Crippen LogP contribution >= 0.6 is 0 Å². The number of carbonyl (C=O) groups excluding carboxylic acids is 1. The van der Waals surface area contributed by atoms with Gasteiger partial charge in [0.25, 0.3) is 5.91 Å². The van der Waals surface area contributed by atoms with Crippen molar-refractivity contribution in [1.82, 2.24) is 19.8 Å². The van der Waals surface area contributed by atoms with Crippen molar-refractivity contribution in [2.24, 2.45) is 5.92 Å². The van der Waals surface area contributed by atoms with E-state index in [9.17, 15) is 4.79 Å². The molecule has 1 aromatic heterocycles. The van der Waals surface area contributed by atoms with Gasteiger partial charge in [0.1, 0.15) is 11.4 Å². The molecule has 4 aromatic rings. The molecule has 0 spiro atoms. The van der Waals surface area contributed by atoms with Crippen molar-refractivity contribution in [3.8, 4) is 5.75 Å². The minimum atomic E-state index is -0.0485. The molecule has 182 valence electrons. The fourth-order valence-corrected chi connectivity index (χ4v) is 5.74. The summed E-state index contributed by atoms with van der Waals surface area (Å²) in [4.78, 5) is 27.2. The van der Waals surface area contributed by atoms with Crippen LogP contribution in [0.3, 0.4) is 0 Å². The van der Waals surface area contributed by atoms with Gasteiger partial charge in [-0.1, -0.05) is 48.5 Å². The van der Waals surface area contributed by atoms with Crippen LogP contribution in [0.4, 0.5) is 0 Å². The average molecular weight is 479 g/mol. The van der Waals surface area contributed by atoms with Crippen molar-refractivity contribution in [3.05, 3.63) is 101 Å². The second-order valence-corrected chi connectivity index (χ2v) is 9.85. The van der Waals surface area contributed by atoms with Gasteiger partial charge in [0.05, 0.1) is 24.3 Å². The maximum Gasteiger partial charge on any atom is 0.274 e. The highest BCUT2D eigenvalue weighted by Gasteiger charge is 2.38. The number of carbonyl (C=O) groups is 1. The summed E-state index contributed by atoms with van der Waals surface area (Å²) in [6, 6.07) is 24.7. The van der Waals surface area contributed by atoms with Crippen LogP contribution in [0.25, 0.3) is 11.0 Å². The van der Waals surface area contributed by atoms with E-state index in [1.165, 1.54) is 16.7 Å². The molecule has 6 nitrogen and oxygen atoms in total. The summed E-state index contributed by atoms with van der Waals surface area (Å²) in [6.07, 6.45) is 2.68. The summed E-state index contributed by atoms with van der Waals surface area (Å²) in [5.41, 5.74) is 6.04. The normalized spacial score (nSPS) is 19.9. The first-order chi connectivity index (χ1) is 17.7. The van der Waals surface area contributed by atoms with Crippen LogP contribution in [0, 0.1) is 5.92 Å². The zero-order valence-electron chi connectivity index (χ0n) is 20.5. The Hall–Kier alpha value is -3.77. The van der Waals surface area contributed by atoms with E-state index in [2.05, 4.69) is 51.3 Å². The molecule has 1 amide bonds. The molecule has 2 aliphatic rings. The highest BCUT2D eigenvalue weighted by atomic mass is 16.5. The summed E-state index contributed by atoms with van der Waals surface area (Å²) < 4.78 is 5.51. The fraction of sp³-hybridized carbons (Fsp3) is 0.300. The molecule has 0 radical (unpaired) electrons. The molecule has 6 heteroatoms. The van der Waals surface area contributed by atoms with E-state index in [4.69, 9.17) is 4.74 Å². The van der Waals surface area contributed by atoms with Gasteiger partial charge >= 0.3 is 0 Å². The summed E-state index contributed by atoms with van der Waals surface area (Å²) in [7, 11) is 1.70. The number of benzene rings is 3. The van der Waals surface area contributed by atoms with E-state index in [0.29, 0.717) is 24.7 Å². The van der Waals surface area contributed by atoms with E-state index in [0.717, 1.165) is 42.8 Å². The van der Waals surface area contributed by atoms with E-state index in [1.807, 2.05) is 41.3 Å². The minimum absolute atomic E-state index is 0.0485. The molecule has 3 heterocycles. The monoisotopic (exact) mass is 478 g/mol. The number of nitrogens with zero attached hydrogens (tertiary/aromatic N) is 4. The highest BCUT2D eigenvalue weighted by molar-refractivity contribution is 5.94. The molecular formula is C30H30N4O2. The molecule has 3 aromatic carbocycles. The molecule has 2 aliphatic heterocycles. The van der Waals surface area contributed by atoms with Gasteiger partial charge in [-0.05, 0) is 53.3 Å². The maximum atomic E-state index is 13.6.